The number of ether oxygens (including phenoxy) is 1. The Kier molecular flexibility index (Phi) is 4.71. The maximum Gasteiger partial charge on any atom is 0.294 e. The van der Waals surface area contributed by atoms with Gasteiger partial charge in [-0.3, -0.25) is 4.79 Å². The second-order valence-electron chi connectivity index (χ2n) is 6.11. The minimum Gasteiger partial charge on any atom is -0.449 e. The van der Waals surface area contributed by atoms with Crippen LogP contribution in [0.3, 0.4) is 0 Å². The van der Waals surface area contributed by atoms with Gasteiger partial charge in [-0.15, -0.1) is 0 Å². The number of furan rings is 1. The van der Waals surface area contributed by atoms with Gasteiger partial charge in [-0.05, 0) is 36.4 Å². The van der Waals surface area contributed by atoms with Crippen LogP contribution in [0.25, 0.3) is 33.5 Å². The first-order valence-electron chi connectivity index (χ1n) is 8.50. The highest BCUT2D eigenvalue weighted by atomic mass is 32.2. The Bertz CT molecular complexity index is 1310. The Balaban J connectivity index is 1.72. The molecule has 144 valence electrons. The number of rotatable bonds is 6. The third kappa shape index (κ3) is 3.31. The lowest BCUT2D eigenvalue weighted by atomic mass is 10.2. The number of benzene rings is 2. The zero-order valence-corrected chi connectivity index (χ0v) is 15.7. The summed E-state index contributed by atoms with van der Waals surface area (Å²) in [4.78, 5) is 19.7. The van der Waals surface area contributed by atoms with Crippen molar-refractivity contribution in [2.45, 2.75) is 4.90 Å². The van der Waals surface area contributed by atoms with Gasteiger partial charge in [0.2, 0.25) is 15.6 Å². The Labute approximate surface area is 160 Å². The number of para-hydroxylation sites is 1. The van der Waals surface area contributed by atoms with Crippen LogP contribution >= 0.6 is 0 Å². The Morgan fingerprint density at radius 3 is 2.64 bits per heavy atom. The molecule has 0 saturated heterocycles. The van der Waals surface area contributed by atoms with Gasteiger partial charge < -0.3 is 14.1 Å². The molecule has 0 aliphatic carbocycles. The number of hydrogen-bond acceptors (Lipinski definition) is 6. The first kappa shape index (κ1) is 18.4. The van der Waals surface area contributed by atoms with E-state index in [2.05, 4.69) is 14.7 Å². The van der Waals surface area contributed by atoms with Crippen LogP contribution in [0.1, 0.15) is 0 Å². The van der Waals surface area contributed by atoms with Crippen molar-refractivity contribution in [3.05, 3.63) is 58.9 Å². The second-order valence-corrected chi connectivity index (χ2v) is 7.87. The van der Waals surface area contributed by atoms with E-state index >= 15 is 0 Å². The van der Waals surface area contributed by atoms with Crippen LogP contribution in [-0.4, -0.2) is 38.6 Å². The molecule has 2 aromatic carbocycles. The largest absolute Gasteiger partial charge is 0.449 e. The number of nitrogens with zero attached hydrogens (tertiary/aromatic N) is 1. The number of aromatic amines is 1. The van der Waals surface area contributed by atoms with E-state index in [1.165, 1.54) is 19.2 Å². The van der Waals surface area contributed by atoms with Gasteiger partial charge in [-0.25, -0.2) is 18.1 Å². The SMILES string of the molecule is COCCNS(=O)(=O)c1ccc(-c2nc3c(oc4ccccc43)c(=O)[nH]2)cc1. The highest BCUT2D eigenvalue weighted by molar-refractivity contribution is 7.89. The molecule has 0 bridgehead atoms. The van der Waals surface area contributed by atoms with Crippen molar-refractivity contribution in [1.82, 2.24) is 14.7 Å². The summed E-state index contributed by atoms with van der Waals surface area (Å²) < 4.78 is 37.4. The predicted molar refractivity (Wildman–Crippen MR) is 105 cm³/mol. The van der Waals surface area contributed by atoms with E-state index in [1.807, 2.05) is 18.2 Å². The first-order valence-corrected chi connectivity index (χ1v) is 9.98. The monoisotopic (exact) mass is 399 g/mol. The van der Waals surface area contributed by atoms with Gasteiger partial charge >= 0.3 is 0 Å². The second kappa shape index (κ2) is 7.19. The molecular weight excluding hydrogens is 382 g/mol. The molecule has 0 spiro atoms. The third-order valence-electron chi connectivity index (χ3n) is 4.27. The summed E-state index contributed by atoms with van der Waals surface area (Å²) in [6, 6.07) is 13.4. The van der Waals surface area contributed by atoms with E-state index in [0.717, 1.165) is 5.39 Å². The summed E-state index contributed by atoms with van der Waals surface area (Å²) in [5, 5.41) is 0.742. The first-order chi connectivity index (χ1) is 13.5. The average Bonchev–Trinajstić information content (AvgIpc) is 3.08. The molecule has 0 atom stereocenters. The van der Waals surface area contributed by atoms with Crippen LogP contribution in [0.2, 0.25) is 0 Å². The summed E-state index contributed by atoms with van der Waals surface area (Å²) in [5.41, 5.74) is 1.39. The molecule has 0 unspecified atom stereocenters. The van der Waals surface area contributed by atoms with E-state index in [-0.39, 0.29) is 23.6 Å². The third-order valence-corrected chi connectivity index (χ3v) is 5.74. The van der Waals surface area contributed by atoms with Gasteiger partial charge in [0.1, 0.15) is 16.9 Å². The molecule has 2 N–H and O–H groups in total. The van der Waals surface area contributed by atoms with Crippen molar-refractivity contribution >= 4 is 32.1 Å². The molecular formula is C19H17N3O5S. The summed E-state index contributed by atoms with van der Waals surface area (Å²) >= 11 is 0. The summed E-state index contributed by atoms with van der Waals surface area (Å²) in [6.07, 6.45) is 0. The van der Waals surface area contributed by atoms with Crippen LogP contribution in [0.15, 0.2) is 62.6 Å². The number of aromatic nitrogens is 2. The molecule has 9 heteroatoms. The number of methoxy groups -OCH3 is 1. The van der Waals surface area contributed by atoms with E-state index in [9.17, 15) is 13.2 Å². The minimum absolute atomic E-state index is 0.115. The predicted octanol–water partition coefficient (Wildman–Crippen LogP) is 2.26. The molecule has 0 aliphatic heterocycles. The fraction of sp³-hybridized carbons (Fsp3) is 0.158. The van der Waals surface area contributed by atoms with Crippen molar-refractivity contribution < 1.29 is 17.6 Å². The fourth-order valence-corrected chi connectivity index (χ4v) is 3.90. The van der Waals surface area contributed by atoms with E-state index in [0.29, 0.717) is 22.5 Å². The number of nitrogens with one attached hydrogen (secondary N) is 2. The lowest BCUT2D eigenvalue weighted by Crippen LogP contribution is -2.27. The summed E-state index contributed by atoms with van der Waals surface area (Å²) in [6.45, 7) is 0.459. The van der Waals surface area contributed by atoms with Gasteiger partial charge in [-0.1, -0.05) is 12.1 Å². The van der Waals surface area contributed by atoms with Crippen LogP contribution in [0.4, 0.5) is 0 Å². The van der Waals surface area contributed by atoms with Gasteiger partial charge in [0.25, 0.3) is 5.56 Å². The normalized spacial score (nSPS) is 12.0. The smallest absolute Gasteiger partial charge is 0.294 e. The standard InChI is InChI=1S/C19H17N3O5S/c1-26-11-10-20-28(24,25)13-8-6-12(7-9-13)18-21-16-14-4-2-3-5-15(14)27-17(16)19(23)22-18/h2-9,20H,10-11H2,1H3,(H,21,22,23). The van der Waals surface area contributed by atoms with Crippen molar-refractivity contribution in [3.8, 4) is 11.4 Å². The molecule has 0 aliphatic rings. The van der Waals surface area contributed by atoms with Crippen LogP contribution in [0.5, 0.6) is 0 Å². The zero-order valence-electron chi connectivity index (χ0n) is 14.9. The van der Waals surface area contributed by atoms with Crippen LogP contribution in [-0.2, 0) is 14.8 Å². The average molecular weight is 399 g/mol. The van der Waals surface area contributed by atoms with Crippen LogP contribution < -0.4 is 10.3 Å². The topological polar surface area (TPSA) is 114 Å². The number of fused-ring (bicyclic) bond motifs is 3. The zero-order chi connectivity index (χ0) is 19.7. The molecule has 2 aromatic heterocycles. The molecule has 4 aromatic rings. The number of sulfonamides is 1. The molecule has 4 rings (SSSR count). The van der Waals surface area contributed by atoms with Crippen molar-refractivity contribution in [2.24, 2.45) is 0 Å². The van der Waals surface area contributed by atoms with Crippen molar-refractivity contribution in [2.75, 3.05) is 20.3 Å². The molecule has 8 nitrogen and oxygen atoms in total. The quantitative estimate of drug-likeness (QED) is 0.481. The Morgan fingerprint density at radius 1 is 1.14 bits per heavy atom. The molecule has 28 heavy (non-hydrogen) atoms. The highest BCUT2D eigenvalue weighted by Crippen LogP contribution is 2.26. The molecule has 0 radical (unpaired) electrons. The number of hydrogen-bond donors (Lipinski definition) is 2. The van der Waals surface area contributed by atoms with E-state index in [4.69, 9.17) is 9.15 Å². The van der Waals surface area contributed by atoms with E-state index < -0.39 is 15.6 Å². The van der Waals surface area contributed by atoms with E-state index in [1.54, 1.807) is 18.2 Å². The molecule has 0 fully saturated rings. The maximum atomic E-state index is 12.4. The van der Waals surface area contributed by atoms with Gasteiger partial charge in [0, 0.05) is 24.6 Å². The molecule has 0 saturated carbocycles. The van der Waals surface area contributed by atoms with Crippen molar-refractivity contribution in [3.63, 3.8) is 0 Å². The summed E-state index contributed by atoms with van der Waals surface area (Å²) in [7, 11) is -2.13. The summed E-state index contributed by atoms with van der Waals surface area (Å²) in [5.74, 6) is 0.334. The minimum atomic E-state index is -3.63. The number of H-pyrrole nitrogens is 1. The molecule has 0 amide bonds. The molecule has 2 heterocycles. The van der Waals surface area contributed by atoms with Gasteiger partial charge in [0.15, 0.2) is 0 Å². The van der Waals surface area contributed by atoms with Crippen molar-refractivity contribution in [1.29, 1.82) is 0 Å². The van der Waals surface area contributed by atoms with Gasteiger partial charge in [0.05, 0.1) is 11.5 Å². The maximum absolute atomic E-state index is 12.4. The Hall–Kier alpha value is -3.01. The lowest BCUT2D eigenvalue weighted by Gasteiger charge is -2.07. The lowest BCUT2D eigenvalue weighted by molar-refractivity contribution is 0.204. The van der Waals surface area contributed by atoms with Gasteiger partial charge in [-0.2, -0.15) is 0 Å². The Morgan fingerprint density at radius 2 is 1.89 bits per heavy atom. The fourth-order valence-electron chi connectivity index (χ4n) is 2.89. The highest BCUT2D eigenvalue weighted by Gasteiger charge is 2.16. The van der Waals surface area contributed by atoms with Crippen LogP contribution in [0, 0.1) is 0 Å².